The van der Waals surface area contributed by atoms with Crippen LogP contribution in [-0.4, -0.2) is 24.1 Å². The summed E-state index contributed by atoms with van der Waals surface area (Å²) in [5, 5.41) is 0. The molecular weight excluding hydrogens is 142 g/mol. The number of hydrogen-bond acceptors (Lipinski definition) is 2. The zero-order valence-electron chi connectivity index (χ0n) is 6.96. The third kappa shape index (κ3) is 1.73. The second-order valence-corrected chi connectivity index (χ2v) is 2.48. The van der Waals surface area contributed by atoms with Gasteiger partial charge in [0, 0.05) is 12.2 Å². The van der Waals surface area contributed by atoms with E-state index in [-0.39, 0.29) is 6.09 Å². The summed E-state index contributed by atoms with van der Waals surface area (Å²) in [4.78, 5) is 12.8. The maximum absolute atomic E-state index is 11.1. The van der Waals surface area contributed by atoms with Crippen LogP contribution >= 0.6 is 0 Å². The quantitative estimate of drug-likeness (QED) is 0.577. The first kappa shape index (κ1) is 8.11. The maximum Gasteiger partial charge on any atom is 0.413 e. The molecule has 1 rings (SSSR count). The summed E-state index contributed by atoms with van der Waals surface area (Å²) in [5.74, 6) is 0. The van der Waals surface area contributed by atoms with Crippen LogP contribution in [-0.2, 0) is 4.74 Å². The standard InChI is InChI=1S/C8H13NO2/c1-3-11-8(10)9-6-4-5-7(9)2/h5H,3-4,6H2,1-2H3. The Bertz CT molecular complexity index is 187. The summed E-state index contributed by atoms with van der Waals surface area (Å²) in [6.45, 7) is 4.95. The molecule has 0 saturated carbocycles. The van der Waals surface area contributed by atoms with Crippen molar-refractivity contribution in [2.75, 3.05) is 13.2 Å². The van der Waals surface area contributed by atoms with Gasteiger partial charge in [-0.2, -0.15) is 0 Å². The minimum atomic E-state index is -0.223. The minimum Gasteiger partial charge on any atom is -0.449 e. The van der Waals surface area contributed by atoms with Crippen LogP contribution in [0.4, 0.5) is 4.79 Å². The van der Waals surface area contributed by atoms with Crippen molar-refractivity contribution < 1.29 is 9.53 Å². The van der Waals surface area contributed by atoms with Crippen LogP contribution < -0.4 is 0 Å². The molecule has 0 radical (unpaired) electrons. The van der Waals surface area contributed by atoms with Crippen molar-refractivity contribution in [2.24, 2.45) is 0 Å². The predicted octanol–water partition coefficient (Wildman–Crippen LogP) is 1.75. The molecule has 0 spiro atoms. The summed E-state index contributed by atoms with van der Waals surface area (Å²) in [6, 6.07) is 0. The number of rotatable bonds is 1. The lowest BCUT2D eigenvalue weighted by molar-refractivity contribution is 0.121. The van der Waals surface area contributed by atoms with E-state index in [1.54, 1.807) is 4.90 Å². The third-order valence-electron chi connectivity index (χ3n) is 1.71. The fourth-order valence-corrected chi connectivity index (χ4v) is 1.13. The zero-order valence-corrected chi connectivity index (χ0v) is 6.96. The second kappa shape index (κ2) is 3.42. The fraction of sp³-hybridized carbons (Fsp3) is 0.625. The van der Waals surface area contributed by atoms with Gasteiger partial charge in [0.15, 0.2) is 0 Å². The third-order valence-corrected chi connectivity index (χ3v) is 1.71. The number of allylic oxidation sites excluding steroid dienone is 1. The fourth-order valence-electron chi connectivity index (χ4n) is 1.13. The molecule has 62 valence electrons. The zero-order chi connectivity index (χ0) is 8.27. The number of ether oxygens (including phenoxy) is 1. The van der Waals surface area contributed by atoms with Crippen LogP contribution in [0.1, 0.15) is 20.3 Å². The number of carbonyl (C=O) groups excluding carboxylic acids is 1. The lowest BCUT2D eigenvalue weighted by Gasteiger charge is -2.16. The van der Waals surface area contributed by atoms with Gasteiger partial charge in [-0.05, 0) is 20.3 Å². The lowest BCUT2D eigenvalue weighted by atomic mass is 10.4. The number of hydrogen-bond donors (Lipinski definition) is 0. The summed E-state index contributed by atoms with van der Waals surface area (Å²) in [5.41, 5.74) is 1.00. The Morgan fingerprint density at radius 1 is 1.82 bits per heavy atom. The van der Waals surface area contributed by atoms with Crippen molar-refractivity contribution in [1.29, 1.82) is 0 Å². The Kier molecular flexibility index (Phi) is 2.52. The van der Waals surface area contributed by atoms with Crippen LogP contribution in [0.3, 0.4) is 0 Å². The first-order chi connectivity index (χ1) is 5.25. The maximum atomic E-state index is 11.1. The van der Waals surface area contributed by atoms with Gasteiger partial charge < -0.3 is 4.74 Å². The van der Waals surface area contributed by atoms with Gasteiger partial charge in [0.05, 0.1) is 6.61 Å². The molecule has 0 N–H and O–H groups in total. The highest BCUT2D eigenvalue weighted by Crippen LogP contribution is 2.14. The molecule has 0 atom stereocenters. The topological polar surface area (TPSA) is 29.5 Å². The van der Waals surface area contributed by atoms with Crippen molar-refractivity contribution in [3.05, 3.63) is 11.8 Å². The van der Waals surface area contributed by atoms with Gasteiger partial charge in [-0.3, -0.25) is 4.90 Å². The Balaban J connectivity index is 2.48. The highest BCUT2D eigenvalue weighted by atomic mass is 16.6. The van der Waals surface area contributed by atoms with E-state index in [1.165, 1.54) is 0 Å². The molecule has 0 fully saturated rings. The van der Waals surface area contributed by atoms with E-state index < -0.39 is 0 Å². The smallest absolute Gasteiger partial charge is 0.413 e. The number of carbonyl (C=O) groups is 1. The Morgan fingerprint density at radius 3 is 3.00 bits per heavy atom. The molecule has 0 aromatic rings. The molecular formula is C8H13NO2. The molecule has 0 saturated heterocycles. The van der Waals surface area contributed by atoms with Crippen LogP contribution in [0.25, 0.3) is 0 Å². The van der Waals surface area contributed by atoms with Gasteiger partial charge >= 0.3 is 6.09 Å². The van der Waals surface area contributed by atoms with Gasteiger partial charge in [-0.15, -0.1) is 0 Å². The van der Waals surface area contributed by atoms with Crippen molar-refractivity contribution in [2.45, 2.75) is 20.3 Å². The molecule has 3 nitrogen and oxygen atoms in total. The SMILES string of the molecule is CCOC(=O)N1CCC=C1C. The molecule has 0 aromatic heterocycles. The van der Waals surface area contributed by atoms with E-state index >= 15 is 0 Å². The monoisotopic (exact) mass is 155 g/mol. The summed E-state index contributed by atoms with van der Waals surface area (Å²) in [7, 11) is 0. The lowest BCUT2D eigenvalue weighted by Crippen LogP contribution is -2.27. The average molecular weight is 155 g/mol. The van der Waals surface area contributed by atoms with Crippen LogP contribution in [0.2, 0.25) is 0 Å². The largest absolute Gasteiger partial charge is 0.449 e. The first-order valence-corrected chi connectivity index (χ1v) is 3.86. The normalized spacial score (nSPS) is 16.5. The highest BCUT2D eigenvalue weighted by Gasteiger charge is 2.18. The van der Waals surface area contributed by atoms with Crippen molar-refractivity contribution in [3.63, 3.8) is 0 Å². The van der Waals surface area contributed by atoms with E-state index in [2.05, 4.69) is 0 Å². The number of nitrogens with zero attached hydrogens (tertiary/aromatic N) is 1. The Hall–Kier alpha value is -0.990. The molecule has 11 heavy (non-hydrogen) atoms. The molecule has 0 aliphatic carbocycles. The second-order valence-electron chi connectivity index (χ2n) is 2.48. The van der Waals surface area contributed by atoms with Gasteiger partial charge in [0.1, 0.15) is 0 Å². The van der Waals surface area contributed by atoms with Crippen molar-refractivity contribution in [1.82, 2.24) is 4.90 Å². The minimum absolute atomic E-state index is 0.223. The van der Waals surface area contributed by atoms with E-state index in [1.807, 2.05) is 19.9 Å². The summed E-state index contributed by atoms with van der Waals surface area (Å²) < 4.78 is 4.84. The Morgan fingerprint density at radius 2 is 2.55 bits per heavy atom. The number of amides is 1. The molecule has 1 amide bonds. The van der Waals surface area contributed by atoms with Crippen LogP contribution in [0.15, 0.2) is 11.8 Å². The van der Waals surface area contributed by atoms with Gasteiger partial charge in [-0.1, -0.05) is 6.08 Å². The Labute approximate surface area is 66.6 Å². The molecule has 1 aliphatic rings. The first-order valence-electron chi connectivity index (χ1n) is 3.86. The predicted molar refractivity (Wildman–Crippen MR) is 42.1 cm³/mol. The molecule has 0 unspecified atom stereocenters. The molecule has 0 aromatic carbocycles. The average Bonchev–Trinajstić information content (AvgIpc) is 2.36. The van der Waals surface area contributed by atoms with Gasteiger partial charge in [-0.25, -0.2) is 4.79 Å². The van der Waals surface area contributed by atoms with Crippen molar-refractivity contribution >= 4 is 6.09 Å². The van der Waals surface area contributed by atoms with E-state index in [0.29, 0.717) is 6.61 Å². The molecule has 0 bridgehead atoms. The van der Waals surface area contributed by atoms with E-state index in [0.717, 1.165) is 18.7 Å². The summed E-state index contributed by atoms with van der Waals surface area (Å²) in [6.07, 6.45) is 2.76. The van der Waals surface area contributed by atoms with Crippen LogP contribution in [0, 0.1) is 0 Å². The van der Waals surface area contributed by atoms with Crippen LogP contribution in [0.5, 0.6) is 0 Å². The molecule has 1 aliphatic heterocycles. The summed E-state index contributed by atoms with van der Waals surface area (Å²) >= 11 is 0. The van der Waals surface area contributed by atoms with Gasteiger partial charge in [0.25, 0.3) is 0 Å². The van der Waals surface area contributed by atoms with E-state index in [4.69, 9.17) is 4.74 Å². The molecule has 3 heteroatoms. The van der Waals surface area contributed by atoms with E-state index in [9.17, 15) is 4.79 Å². The van der Waals surface area contributed by atoms with Crippen molar-refractivity contribution in [3.8, 4) is 0 Å². The van der Waals surface area contributed by atoms with Gasteiger partial charge in [0.2, 0.25) is 0 Å². The highest BCUT2D eigenvalue weighted by molar-refractivity contribution is 5.70. The molecule has 1 heterocycles.